The molecule has 0 N–H and O–H groups in total. The molecule has 2 rings (SSSR count). The third-order valence-corrected chi connectivity index (χ3v) is 4.25. The summed E-state index contributed by atoms with van der Waals surface area (Å²) in [4.78, 5) is 0.322. The van der Waals surface area contributed by atoms with Crippen LogP contribution in [0.25, 0.3) is 0 Å². The molecule has 3 nitrogen and oxygen atoms in total. The average Bonchev–Trinajstić information content (AvgIpc) is 2.74. The van der Waals surface area contributed by atoms with Crippen LogP contribution < -0.4 is 0 Å². The van der Waals surface area contributed by atoms with E-state index in [1.165, 1.54) is 5.41 Å². The van der Waals surface area contributed by atoms with Gasteiger partial charge in [-0.1, -0.05) is 18.2 Å². The summed E-state index contributed by atoms with van der Waals surface area (Å²) in [6.45, 7) is 2.00. The molecule has 2 atom stereocenters. The van der Waals surface area contributed by atoms with Gasteiger partial charge in [-0.05, 0) is 38.0 Å². The van der Waals surface area contributed by atoms with Gasteiger partial charge in [-0.3, -0.25) is 0 Å². The number of ether oxygens (including phenoxy) is 1. The number of benzene rings is 1. The summed E-state index contributed by atoms with van der Waals surface area (Å²) >= 11 is 0. The highest BCUT2D eigenvalue weighted by Crippen LogP contribution is 2.21. The zero-order chi connectivity index (χ0) is 12.3. The van der Waals surface area contributed by atoms with Crippen LogP contribution in [0.1, 0.15) is 19.8 Å². The predicted molar refractivity (Wildman–Crippen MR) is 66.3 cm³/mol. The minimum atomic E-state index is -3.33. The Balaban J connectivity index is 2.10. The maximum Gasteiger partial charge on any atom is 0.199 e. The Kier molecular flexibility index (Phi) is 3.64. The van der Waals surface area contributed by atoms with Crippen molar-refractivity contribution in [1.29, 1.82) is 0 Å². The highest BCUT2D eigenvalue weighted by atomic mass is 32.2. The van der Waals surface area contributed by atoms with Gasteiger partial charge < -0.3 is 4.74 Å². The Morgan fingerprint density at radius 3 is 2.53 bits per heavy atom. The van der Waals surface area contributed by atoms with Crippen LogP contribution in [0.4, 0.5) is 0 Å². The van der Waals surface area contributed by atoms with Gasteiger partial charge in [-0.15, -0.1) is 0 Å². The lowest BCUT2D eigenvalue weighted by molar-refractivity contribution is 0.0834. The van der Waals surface area contributed by atoms with Gasteiger partial charge in [-0.2, -0.15) is 0 Å². The first-order chi connectivity index (χ1) is 8.08. The fraction of sp³-hybridized carbons (Fsp3) is 0.385. The topological polar surface area (TPSA) is 43.4 Å². The second-order valence-corrected chi connectivity index (χ2v) is 6.08. The molecular weight excluding hydrogens is 236 g/mol. The van der Waals surface area contributed by atoms with E-state index in [9.17, 15) is 8.42 Å². The summed E-state index contributed by atoms with van der Waals surface area (Å²) in [7, 11) is -3.33. The van der Waals surface area contributed by atoms with E-state index in [1.54, 1.807) is 36.4 Å². The molecule has 0 bridgehead atoms. The molecule has 1 saturated heterocycles. The van der Waals surface area contributed by atoms with Crippen LogP contribution in [0.2, 0.25) is 0 Å². The summed E-state index contributed by atoms with van der Waals surface area (Å²) in [5, 5.41) is 1.25. The van der Waals surface area contributed by atoms with E-state index < -0.39 is 9.84 Å². The number of sulfone groups is 1. The molecule has 0 saturated carbocycles. The summed E-state index contributed by atoms with van der Waals surface area (Å²) in [5.74, 6) is 0. The molecule has 0 spiro atoms. The minimum absolute atomic E-state index is 0.0662. The first-order valence-electron chi connectivity index (χ1n) is 5.72. The van der Waals surface area contributed by atoms with Crippen molar-refractivity contribution in [2.75, 3.05) is 0 Å². The molecule has 92 valence electrons. The van der Waals surface area contributed by atoms with Gasteiger partial charge in [0.1, 0.15) is 0 Å². The number of hydrogen-bond acceptors (Lipinski definition) is 3. The zero-order valence-corrected chi connectivity index (χ0v) is 10.6. The molecule has 0 amide bonds. The van der Waals surface area contributed by atoms with Crippen LogP contribution >= 0.6 is 0 Å². The Morgan fingerprint density at radius 1 is 1.24 bits per heavy atom. The molecule has 1 aromatic rings. The van der Waals surface area contributed by atoms with E-state index >= 15 is 0 Å². The summed E-state index contributed by atoms with van der Waals surface area (Å²) in [6, 6.07) is 8.42. The fourth-order valence-electron chi connectivity index (χ4n) is 1.85. The highest BCUT2D eigenvalue weighted by molar-refractivity contribution is 7.94. The zero-order valence-electron chi connectivity index (χ0n) is 9.74. The molecule has 17 heavy (non-hydrogen) atoms. The second-order valence-electron chi connectivity index (χ2n) is 4.25. The van der Waals surface area contributed by atoms with Crippen LogP contribution in [-0.2, 0) is 14.6 Å². The quantitative estimate of drug-likeness (QED) is 0.830. The molecule has 0 aromatic heterocycles. The van der Waals surface area contributed by atoms with Crippen molar-refractivity contribution in [3.63, 3.8) is 0 Å². The minimum Gasteiger partial charge on any atom is -0.371 e. The van der Waals surface area contributed by atoms with E-state index in [4.69, 9.17) is 4.74 Å². The van der Waals surface area contributed by atoms with E-state index in [-0.39, 0.29) is 12.2 Å². The van der Waals surface area contributed by atoms with E-state index in [0.29, 0.717) is 4.90 Å². The average molecular weight is 252 g/mol. The molecule has 1 fully saturated rings. The molecule has 1 aliphatic rings. The van der Waals surface area contributed by atoms with Gasteiger partial charge in [0.2, 0.25) is 0 Å². The third-order valence-electron chi connectivity index (χ3n) is 2.81. The standard InChI is InChI=1S/C13H16O3S/c1-11-7-8-12(16-11)9-10-17(14,15)13-5-3-2-4-6-13/h2-6,9-12H,7-8H2,1H3/b10-9+/t11-,12-/m0/s1. The number of rotatable bonds is 3. The van der Waals surface area contributed by atoms with Gasteiger partial charge >= 0.3 is 0 Å². The van der Waals surface area contributed by atoms with Gasteiger partial charge in [0.05, 0.1) is 17.1 Å². The summed E-state index contributed by atoms with van der Waals surface area (Å²) in [5.41, 5.74) is 0. The first-order valence-corrected chi connectivity index (χ1v) is 7.26. The van der Waals surface area contributed by atoms with Gasteiger partial charge in [-0.25, -0.2) is 8.42 Å². The van der Waals surface area contributed by atoms with Crippen LogP contribution in [-0.4, -0.2) is 20.6 Å². The lowest BCUT2D eigenvalue weighted by Crippen LogP contribution is -2.05. The first kappa shape index (κ1) is 12.3. The largest absolute Gasteiger partial charge is 0.371 e. The summed E-state index contributed by atoms with van der Waals surface area (Å²) in [6.07, 6.45) is 3.68. The van der Waals surface area contributed by atoms with E-state index in [1.807, 2.05) is 6.92 Å². The van der Waals surface area contributed by atoms with Crippen LogP contribution in [0.3, 0.4) is 0 Å². The summed E-state index contributed by atoms with van der Waals surface area (Å²) < 4.78 is 29.4. The van der Waals surface area contributed by atoms with Crippen LogP contribution in [0, 0.1) is 0 Å². The van der Waals surface area contributed by atoms with Gasteiger partial charge in [0.15, 0.2) is 9.84 Å². The molecule has 4 heteroatoms. The Hall–Kier alpha value is -1.13. The number of hydrogen-bond donors (Lipinski definition) is 0. The molecular formula is C13H16O3S. The second kappa shape index (κ2) is 5.02. The maximum absolute atomic E-state index is 11.9. The molecule has 1 aromatic carbocycles. The van der Waals surface area contributed by atoms with Crippen LogP contribution in [0.15, 0.2) is 46.7 Å². The van der Waals surface area contributed by atoms with Crippen molar-refractivity contribution in [1.82, 2.24) is 0 Å². The predicted octanol–water partition coefficient (Wildman–Crippen LogP) is 2.54. The monoisotopic (exact) mass is 252 g/mol. The van der Waals surface area contributed by atoms with E-state index in [0.717, 1.165) is 12.8 Å². The Bertz CT molecular complexity index is 491. The van der Waals surface area contributed by atoms with Crippen molar-refractivity contribution in [2.24, 2.45) is 0 Å². The van der Waals surface area contributed by atoms with Crippen molar-refractivity contribution in [3.8, 4) is 0 Å². The molecule has 1 heterocycles. The fourth-order valence-corrected chi connectivity index (χ4v) is 2.93. The molecule has 0 radical (unpaired) electrons. The van der Waals surface area contributed by atoms with Crippen molar-refractivity contribution in [3.05, 3.63) is 41.8 Å². The molecule has 0 unspecified atom stereocenters. The van der Waals surface area contributed by atoms with Gasteiger partial charge in [0, 0.05) is 5.41 Å². The lowest BCUT2D eigenvalue weighted by atomic mass is 10.2. The van der Waals surface area contributed by atoms with Crippen molar-refractivity contribution < 1.29 is 13.2 Å². The smallest absolute Gasteiger partial charge is 0.199 e. The van der Waals surface area contributed by atoms with Crippen molar-refractivity contribution >= 4 is 9.84 Å². The maximum atomic E-state index is 11.9. The van der Waals surface area contributed by atoms with Gasteiger partial charge in [0.25, 0.3) is 0 Å². The Morgan fingerprint density at radius 2 is 1.94 bits per heavy atom. The van der Waals surface area contributed by atoms with Crippen LogP contribution in [0.5, 0.6) is 0 Å². The Labute approximate surface area is 102 Å². The molecule has 1 aliphatic heterocycles. The lowest BCUT2D eigenvalue weighted by Gasteiger charge is -2.05. The molecule has 0 aliphatic carbocycles. The van der Waals surface area contributed by atoms with E-state index in [2.05, 4.69) is 0 Å². The highest BCUT2D eigenvalue weighted by Gasteiger charge is 2.20. The third kappa shape index (κ3) is 3.17. The SMILES string of the molecule is C[C@H]1CC[C@@H](/C=C/S(=O)(=O)c2ccccc2)O1. The van der Waals surface area contributed by atoms with Crippen molar-refractivity contribution in [2.45, 2.75) is 36.9 Å². The normalized spacial score (nSPS) is 25.5.